The third-order valence-electron chi connectivity index (χ3n) is 7.83. The molecule has 1 aromatic carbocycles. The summed E-state index contributed by atoms with van der Waals surface area (Å²) in [6.45, 7) is 2.32. The minimum absolute atomic E-state index is 0.000810. The molecule has 2 fully saturated rings. The molecule has 0 N–H and O–H groups in total. The van der Waals surface area contributed by atoms with Gasteiger partial charge in [0.05, 0.1) is 38.1 Å². The summed E-state index contributed by atoms with van der Waals surface area (Å²) >= 11 is 0. The third kappa shape index (κ3) is 7.18. The molecule has 3 heterocycles. The summed E-state index contributed by atoms with van der Waals surface area (Å²) in [5, 5.41) is 0. The lowest BCUT2D eigenvalue weighted by atomic mass is 9.97. The van der Waals surface area contributed by atoms with Gasteiger partial charge in [-0.1, -0.05) is 0 Å². The summed E-state index contributed by atoms with van der Waals surface area (Å²) in [6.07, 6.45) is 8.11. The van der Waals surface area contributed by atoms with Crippen molar-refractivity contribution in [3.8, 4) is 28.5 Å². The second-order valence-electron chi connectivity index (χ2n) is 10.8. The minimum atomic E-state index is -3.09. The molecule has 0 spiro atoms. The van der Waals surface area contributed by atoms with Gasteiger partial charge in [0, 0.05) is 30.8 Å². The Bertz CT molecular complexity index is 1400. The van der Waals surface area contributed by atoms with Crippen LogP contribution in [0.4, 0.5) is 8.78 Å². The fourth-order valence-corrected chi connectivity index (χ4v) is 5.44. The van der Waals surface area contributed by atoms with Gasteiger partial charge in [0.25, 0.3) is 0 Å². The zero-order chi connectivity index (χ0) is 29.6. The average Bonchev–Trinajstić information content (AvgIpc) is 3.69. The number of methoxy groups -OCH3 is 1. The number of hydrogen-bond donors (Lipinski definition) is 0. The van der Waals surface area contributed by atoms with E-state index in [1.165, 1.54) is 13.2 Å². The first-order valence-corrected chi connectivity index (χ1v) is 14.6. The number of ether oxygens (including phenoxy) is 4. The van der Waals surface area contributed by atoms with Gasteiger partial charge in [-0.25, -0.2) is 4.98 Å². The molecule has 9 nitrogen and oxygen atoms in total. The van der Waals surface area contributed by atoms with Gasteiger partial charge in [0.1, 0.15) is 28.5 Å². The molecular formula is C31H37F2N3O6. The van der Waals surface area contributed by atoms with Crippen molar-refractivity contribution < 1.29 is 37.3 Å². The first-order valence-electron chi connectivity index (χ1n) is 14.6. The number of hydrogen-bond acceptors (Lipinski definition) is 8. The lowest BCUT2D eigenvalue weighted by molar-refractivity contribution is -0.149. The highest BCUT2D eigenvalue weighted by Gasteiger charge is 2.30. The lowest BCUT2D eigenvalue weighted by Crippen LogP contribution is -2.37. The summed E-state index contributed by atoms with van der Waals surface area (Å²) in [5.41, 5.74) is 1.81. The SMILES string of the molecule is CCOC(=O)C1CCN(CCCOc2ccn3c(-c4cc(OC)c(C(=O)CC5CC5)c(OC(F)F)c4)cnc3c2)CC1. The Balaban J connectivity index is 1.23. The summed E-state index contributed by atoms with van der Waals surface area (Å²) in [7, 11) is 1.41. The van der Waals surface area contributed by atoms with Crippen LogP contribution in [0, 0.1) is 11.8 Å². The number of carbonyl (C=O) groups excluding carboxylic acids is 2. The molecule has 0 bridgehead atoms. The summed E-state index contributed by atoms with van der Waals surface area (Å²) in [5.74, 6) is 0.584. The number of carbonyl (C=O) groups is 2. The van der Waals surface area contributed by atoms with E-state index < -0.39 is 6.61 Å². The third-order valence-corrected chi connectivity index (χ3v) is 7.83. The van der Waals surface area contributed by atoms with Gasteiger partial charge in [-0.05, 0) is 76.2 Å². The van der Waals surface area contributed by atoms with E-state index in [9.17, 15) is 18.4 Å². The molecule has 5 rings (SSSR count). The maximum absolute atomic E-state index is 13.3. The van der Waals surface area contributed by atoms with Crippen molar-refractivity contribution in [2.45, 2.75) is 52.1 Å². The van der Waals surface area contributed by atoms with Gasteiger partial charge >= 0.3 is 12.6 Å². The van der Waals surface area contributed by atoms with Crippen LogP contribution in [0.3, 0.4) is 0 Å². The van der Waals surface area contributed by atoms with Crippen LogP contribution in [0.15, 0.2) is 36.7 Å². The predicted octanol–water partition coefficient (Wildman–Crippen LogP) is 5.64. The van der Waals surface area contributed by atoms with Crippen molar-refractivity contribution >= 4 is 17.4 Å². The number of benzene rings is 1. The van der Waals surface area contributed by atoms with Crippen molar-refractivity contribution in [1.82, 2.24) is 14.3 Å². The topological polar surface area (TPSA) is 91.6 Å². The predicted molar refractivity (Wildman–Crippen MR) is 151 cm³/mol. The van der Waals surface area contributed by atoms with Crippen LogP contribution in [0.5, 0.6) is 17.2 Å². The first-order chi connectivity index (χ1) is 20.4. The molecule has 226 valence electrons. The Morgan fingerprint density at radius 2 is 1.86 bits per heavy atom. The molecule has 2 aromatic heterocycles. The van der Waals surface area contributed by atoms with Crippen LogP contribution in [-0.2, 0) is 9.53 Å². The number of pyridine rings is 1. The van der Waals surface area contributed by atoms with E-state index in [0.29, 0.717) is 35.9 Å². The number of Topliss-reactive ketones (excluding diaryl/α,β-unsaturated/α-hetero) is 1. The number of halogens is 2. The highest BCUT2D eigenvalue weighted by Crippen LogP contribution is 2.40. The Morgan fingerprint density at radius 3 is 2.55 bits per heavy atom. The number of fused-ring (bicyclic) bond motifs is 1. The highest BCUT2D eigenvalue weighted by atomic mass is 19.3. The summed E-state index contributed by atoms with van der Waals surface area (Å²) in [4.78, 5) is 31.7. The maximum atomic E-state index is 13.3. The second-order valence-corrected chi connectivity index (χ2v) is 10.8. The molecule has 2 aliphatic rings. The van der Waals surface area contributed by atoms with Gasteiger partial charge in [-0.2, -0.15) is 8.78 Å². The maximum Gasteiger partial charge on any atom is 0.387 e. The monoisotopic (exact) mass is 585 g/mol. The van der Waals surface area contributed by atoms with E-state index in [1.54, 1.807) is 18.5 Å². The van der Waals surface area contributed by atoms with Crippen molar-refractivity contribution in [3.05, 3.63) is 42.2 Å². The van der Waals surface area contributed by atoms with Crippen LogP contribution in [0.1, 0.15) is 55.8 Å². The van der Waals surface area contributed by atoms with Crippen LogP contribution < -0.4 is 14.2 Å². The molecule has 3 aromatic rings. The molecule has 0 unspecified atom stereocenters. The van der Waals surface area contributed by atoms with E-state index in [2.05, 4.69) is 9.88 Å². The van der Waals surface area contributed by atoms with Crippen LogP contribution in [-0.4, -0.2) is 72.6 Å². The van der Waals surface area contributed by atoms with E-state index in [4.69, 9.17) is 18.9 Å². The highest BCUT2D eigenvalue weighted by molar-refractivity contribution is 6.02. The van der Waals surface area contributed by atoms with Gasteiger partial charge in [0.2, 0.25) is 0 Å². The van der Waals surface area contributed by atoms with Crippen molar-refractivity contribution in [2.24, 2.45) is 11.8 Å². The van der Waals surface area contributed by atoms with Crippen molar-refractivity contribution in [2.75, 3.05) is 40.0 Å². The van der Waals surface area contributed by atoms with E-state index >= 15 is 0 Å². The van der Waals surface area contributed by atoms with Gasteiger partial charge in [0.15, 0.2) is 5.78 Å². The van der Waals surface area contributed by atoms with Gasteiger partial charge in [-0.3, -0.25) is 14.0 Å². The molecule has 11 heteroatoms. The number of piperidine rings is 1. The van der Waals surface area contributed by atoms with Crippen molar-refractivity contribution in [1.29, 1.82) is 0 Å². The number of imidazole rings is 1. The zero-order valence-corrected chi connectivity index (χ0v) is 24.0. The Hall–Kier alpha value is -3.73. The number of ketones is 1. The Kier molecular flexibility index (Phi) is 9.56. The minimum Gasteiger partial charge on any atom is -0.496 e. The second kappa shape index (κ2) is 13.5. The fourth-order valence-electron chi connectivity index (χ4n) is 5.44. The normalized spacial score (nSPS) is 16.1. The van der Waals surface area contributed by atoms with Crippen LogP contribution in [0.2, 0.25) is 0 Å². The molecule has 1 aliphatic carbocycles. The quantitative estimate of drug-likeness (QED) is 0.136. The smallest absolute Gasteiger partial charge is 0.387 e. The van der Waals surface area contributed by atoms with Gasteiger partial charge in [-0.15, -0.1) is 0 Å². The molecule has 0 atom stereocenters. The average molecular weight is 586 g/mol. The molecule has 1 saturated heterocycles. The zero-order valence-electron chi connectivity index (χ0n) is 24.0. The Labute approximate surface area is 243 Å². The molecular weight excluding hydrogens is 548 g/mol. The van der Waals surface area contributed by atoms with E-state index in [0.717, 1.165) is 51.7 Å². The summed E-state index contributed by atoms with van der Waals surface area (Å²) in [6, 6.07) is 6.74. The molecule has 0 amide bonds. The number of rotatable bonds is 14. The lowest BCUT2D eigenvalue weighted by Gasteiger charge is -2.30. The van der Waals surface area contributed by atoms with Gasteiger partial charge < -0.3 is 23.8 Å². The first kappa shape index (κ1) is 29.8. The van der Waals surface area contributed by atoms with E-state index in [-0.39, 0.29) is 47.1 Å². The number of alkyl halides is 2. The standard InChI is InChI=1S/C31H37F2N3O6/c1-3-40-30(38)21-7-11-35(12-8-21)10-4-14-41-23-9-13-36-24(19-34-28(36)18-23)22-16-26(39-2)29(25(37)15-20-5-6-20)27(17-22)42-31(32)33/h9,13,16-21,31H,3-8,10-12,14-15H2,1-2H3. The molecule has 1 saturated carbocycles. The van der Waals surface area contributed by atoms with E-state index in [1.807, 2.05) is 23.5 Å². The number of esters is 1. The molecule has 42 heavy (non-hydrogen) atoms. The number of nitrogens with zero attached hydrogens (tertiary/aromatic N) is 3. The fraction of sp³-hybridized carbons (Fsp3) is 0.516. The molecule has 0 radical (unpaired) electrons. The number of aromatic nitrogens is 2. The number of likely N-dealkylation sites (tertiary alicyclic amines) is 1. The van der Waals surface area contributed by atoms with Crippen LogP contribution >= 0.6 is 0 Å². The van der Waals surface area contributed by atoms with Crippen LogP contribution in [0.25, 0.3) is 16.9 Å². The largest absolute Gasteiger partial charge is 0.496 e. The molecule has 1 aliphatic heterocycles. The Morgan fingerprint density at radius 1 is 1.10 bits per heavy atom. The van der Waals surface area contributed by atoms with Crippen molar-refractivity contribution in [3.63, 3.8) is 0 Å². The summed E-state index contributed by atoms with van der Waals surface area (Å²) < 4.78 is 49.8.